The second-order valence-electron chi connectivity index (χ2n) is 7.32. The molecule has 4 heteroatoms. The maximum atomic E-state index is 12.7. The van der Waals surface area contributed by atoms with Gasteiger partial charge >= 0.3 is 0 Å². The van der Waals surface area contributed by atoms with Gasteiger partial charge < -0.3 is 5.11 Å². The Hall–Kier alpha value is -1.42. The molecular formula is C19H29NO3. The Morgan fingerprint density at radius 3 is 2.70 bits per heavy atom. The van der Waals surface area contributed by atoms with Crippen molar-refractivity contribution in [2.24, 2.45) is 11.3 Å². The highest BCUT2D eigenvalue weighted by Gasteiger charge is 2.33. The molecule has 2 aliphatic rings. The number of rotatable bonds is 4. The first kappa shape index (κ1) is 17.9. The topological polar surface area (TPSA) is 57.6 Å². The molecule has 0 radical (unpaired) electrons. The van der Waals surface area contributed by atoms with E-state index in [1.54, 1.807) is 6.08 Å². The van der Waals surface area contributed by atoms with E-state index in [0.717, 1.165) is 32.1 Å². The number of hydrogen-bond acceptors (Lipinski definition) is 3. The lowest BCUT2D eigenvalue weighted by atomic mass is 9.83. The van der Waals surface area contributed by atoms with E-state index in [0.29, 0.717) is 12.5 Å². The molecule has 2 amide bonds. The average molecular weight is 319 g/mol. The number of amides is 2. The van der Waals surface area contributed by atoms with Crippen LogP contribution < -0.4 is 0 Å². The summed E-state index contributed by atoms with van der Waals surface area (Å²) in [5.41, 5.74) is -0.672. The minimum atomic E-state index is -0.672. The molecule has 0 aromatic rings. The highest BCUT2D eigenvalue weighted by Crippen LogP contribution is 2.29. The molecule has 1 heterocycles. The Balaban J connectivity index is 1.97. The highest BCUT2D eigenvalue weighted by atomic mass is 16.3. The van der Waals surface area contributed by atoms with E-state index in [1.807, 2.05) is 32.1 Å². The van der Waals surface area contributed by atoms with Gasteiger partial charge in [0.2, 0.25) is 11.8 Å². The molecule has 1 N–H and O–H groups in total. The zero-order valence-corrected chi connectivity index (χ0v) is 14.3. The Labute approximate surface area is 139 Å². The van der Waals surface area contributed by atoms with Crippen LogP contribution in [0.3, 0.4) is 0 Å². The van der Waals surface area contributed by atoms with Gasteiger partial charge in [-0.2, -0.15) is 0 Å². The number of nitrogens with zero attached hydrogens (tertiary/aromatic N) is 1. The van der Waals surface area contributed by atoms with Crippen molar-refractivity contribution in [3.05, 3.63) is 24.3 Å². The van der Waals surface area contributed by atoms with Crippen LogP contribution in [-0.4, -0.2) is 34.5 Å². The number of aliphatic hydroxyl groups excluding tert-OH is 1. The summed E-state index contributed by atoms with van der Waals surface area (Å²) in [6.45, 7) is 4.14. The summed E-state index contributed by atoms with van der Waals surface area (Å²) >= 11 is 0. The first-order valence-electron chi connectivity index (χ1n) is 8.79. The van der Waals surface area contributed by atoms with Crippen molar-refractivity contribution in [3.8, 4) is 0 Å². The molecular weight excluding hydrogens is 290 g/mol. The lowest BCUT2D eigenvalue weighted by Crippen LogP contribution is -2.44. The molecule has 2 atom stereocenters. The lowest BCUT2D eigenvalue weighted by Gasteiger charge is -2.30. The van der Waals surface area contributed by atoms with Crippen molar-refractivity contribution in [2.75, 3.05) is 6.54 Å². The third kappa shape index (κ3) is 4.77. The van der Waals surface area contributed by atoms with E-state index in [1.165, 1.54) is 11.3 Å². The van der Waals surface area contributed by atoms with Crippen LogP contribution >= 0.6 is 0 Å². The Bertz CT molecular complexity index is 493. The van der Waals surface area contributed by atoms with E-state index in [9.17, 15) is 14.7 Å². The van der Waals surface area contributed by atoms with Crippen LogP contribution in [0, 0.1) is 11.3 Å². The van der Waals surface area contributed by atoms with Gasteiger partial charge in [-0.15, -0.1) is 0 Å². The number of allylic oxidation sites excluding steroid dienone is 2. The van der Waals surface area contributed by atoms with Gasteiger partial charge in [-0.3, -0.25) is 14.5 Å². The quantitative estimate of drug-likeness (QED) is 0.810. The van der Waals surface area contributed by atoms with Crippen LogP contribution in [0.1, 0.15) is 58.8 Å². The largest absolute Gasteiger partial charge is 0.393 e. The van der Waals surface area contributed by atoms with Gasteiger partial charge in [0.1, 0.15) is 0 Å². The average Bonchev–Trinajstić information content (AvgIpc) is 2.55. The Morgan fingerprint density at radius 1 is 1.22 bits per heavy atom. The fourth-order valence-electron chi connectivity index (χ4n) is 3.45. The molecule has 0 saturated heterocycles. The fraction of sp³-hybridized carbons (Fsp3) is 0.684. The maximum Gasteiger partial charge on any atom is 0.238 e. The van der Waals surface area contributed by atoms with Gasteiger partial charge in [0.15, 0.2) is 0 Å². The smallest absolute Gasteiger partial charge is 0.238 e. The van der Waals surface area contributed by atoms with Crippen LogP contribution in [0.15, 0.2) is 24.3 Å². The van der Waals surface area contributed by atoms with Crippen molar-refractivity contribution in [3.63, 3.8) is 0 Å². The molecule has 0 unspecified atom stereocenters. The van der Waals surface area contributed by atoms with E-state index >= 15 is 0 Å². The summed E-state index contributed by atoms with van der Waals surface area (Å²) in [4.78, 5) is 26.5. The van der Waals surface area contributed by atoms with Gasteiger partial charge in [-0.25, -0.2) is 0 Å². The zero-order valence-electron chi connectivity index (χ0n) is 14.3. The first-order chi connectivity index (χ1) is 10.9. The van der Waals surface area contributed by atoms with Crippen molar-refractivity contribution < 1.29 is 14.7 Å². The molecule has 23 heavy (non-hydrogen) atoms. The number of carbonyl (C=O) groups excluding carboxylic acids is 2. The van der Waals surface area contributed by atoms with Crippen molar-refractivity contribution in [1.29, 1.82) is 0 Å². The Kier molecular flexibility index (Phi) is 6.17. The lowest BCUT2D eigenvalue weighted by molar-refractivity contribution is -0.148. The number of imide groups is 1. The summed E-state index contributed by atoms with van der Waals surface area (Å²) in [5.74, 6) is 0.0538. The molecule has 4 nitrogen and oxygen atoms in total. The molecule has 128 valence electrons. The van der Waals surface area contributed by atoms with E-state index < -0.39 is 5.41 Å². The van der Waals surface area contributed by atoms with Gasteiger partial charge in [0.05, 0.1) is 11.5 Å². The summed E-state index contributed by atoms with van der Waals surface area (Å²) in [7, 11) is 0. The molecule has 2 rings (SSSR count). The first-order valence-corrected chi connectivity index (χ1v) is 8.79. The summed E-state index contributed by atoms with van der Waals surface area (Å²) in [6, 6.07) is 0. The van der Waals surface area contributed by atoms with Gasteiger partial charge in [0, 0.05) is 13.0 Å². The second kappa shape index (κ2) is 7.91. The van der Waals surface area contributed by atoms with Crippen LogP contribution in [0.2, 0.25) is 0 Å². The normalized spacial score (nSPS) is 31.2. The second-order valence-corrected chi connectivity index (χ2v) is 7.32. The monoisotopic (exact) mass is 319 g/mol. The number of hydrogen-bond donors (Lipinski definition) is 1. The van der Waals surface area contributed by atoms with Crippen molar-refractivity contribution >= 4 is 11.8 Å². The predicted molar refractivity (Wildman–Crippen MR) is 90.6 cm³/mol. The molecule has 0 spiro atoms. The summed E-state index contributed by atoms with van der Waals surface area (Å²) < 4.78 is 0. The van der Waals surface area contributed by atoms with Crippen molar-refractivity contribution in [1.82, 2.24) is 4.90 Å². The molecule has 0 aromatic heterocycles. The van der Waals surface area contributed by atoms with Crippen LogP contribution in [0.4, 0.5) is 0 Å². The van der Waals surface area contributed by atoms with Gasteiger partial charge in [0.25, 0.3) is 0 Å². The molecule has 0 aromatic carbocycles. The molecule has 1 aliphatic carbocycles. The van der Waals surface area contributed by atoms with Crippen molar-refractivity contribution in [2.45, 2.75) is 64.9 Å². The molecule has 0 bridgehead atoms. The van der Waals surface area contributed by atoms with Crippen LogP contribution in [-0.2, 0) is 9.59 Å². The third-order valence-corrected chi connectivity index (χ3v) is 4.98. The molecule has 1 fully saturated rings. The minimum Gasteiger partial charge on any atom is -0.393 e. The summed E-state index contributed by atoms with van der Waals surface area (Å²) in [6.07, 6.45) is 13.2. The Morgan fingerprint density at radius 2 is 1.96 bits per heavy atom. The van der Waals surface area contributed by atoms with Gasteiger partial charge in [-0.1, -0.05) is 37.1 Å². The number of aliphatic hydroxyl groups is 1. The zero-order chi connectivity index (χ0) is 16.9. The third-order valence-electron chi connectivity index (χ3n) is 4.98. The van der Waals surface area contributed by atoms with Gasteiger partial charge in [-0.05, 0) is 45.4 Å². The standard InChI is InChI=1S/C19H29NO3/c1-19(2)13-7-3-4-12-17(22)20(18(19)23)14-8-10-15-9-5-6-11-16(15)21/h3-4,7,13,15-16,21H,5-6,8-12,14H2,1-2H3/b4-3-,13-7-/t15-,16-/m0/s1. The van der Waals surface area contributed by atoms with Crippen LogP contribution in [0.25, 0.3) is 0 Å². The predicted octanol–water partition coefficient (Wildman–Crippen LogP) is 3.22. The highest BCUT2D eigenvalue weighted by molar-refractivity contribution is 5.99. The summed E-state index contributed by atoms with van der Waals surface area (Å²) in [5, 5.41) is 10.0. The minimum absolute atomic E-state index is 0.132. The molecule has 1 aliphatic heterocycles. The van der Waals surface area contributed by atoms with Crippen LogP contribution in [0.5, 0.6) is 0 Å². The number of carbonyl (C=O) groups is 2. The SMILES string of the molecule is CC1(C)/C=C\C=C/CC(=O)N(CCC[C@@H]2CCCC[C@@H]2O)C1=O. The van der Waals surface area contributed by atoms with E-state index in [2.05, 4.69) is 0 Å². The van der Waals surface area contributed by atoms with E-state index in [4.69, 9.17) is 0 Å². The molecule has 1 saturated carbocycles. The van der Waals surface area contributed by atoms with E-state index in [-0.39, 0.29) is 24.3 Å². The maximum absolute atomic E-state index is 12.7. The fourth-order valence-corrected chi connectivity index (χ4v) is 3.45.